The van der Waals surface area contributed by atoms with Crippen molar-refractivity contribution in [3.8, 4) is 11.5 Å². The maximum atomic E-state index is 13.6. The molecule has 2 heterocycles. The molecule has 4 aromatic rings. The number of anilines is 1. The van der Waals surface area contributed by atoms with E-state index in [2.05, 4.69) is 16.8 Å². The highest BCUT2D eigenvalue weighted by atomic mass is 16.5. The molecule has 1 atom stereocenters. The quantitative estimate of drug-likeness (QED) is 0.277. The lowest BCUT2D eigenvalue weighted by Crippen LogP contribution is -2.29. The number of aromatic nitrogens is 2. The maximum Gasteiger partial charge on any atom is 0.338 e. The normalized spacial score (nSPS) is 14.7. The summed E-state index contributed by atoms with van der Waals surface area (Å²) in [6.07, 6.45) is 0.891. The van der Waals surface area contributed by atoms with Gasteiger partial charge in [-0.25, -0.2) is 9.78 Å². The number of hydrogen-bond acceptors (Lipinski definition) is 6. The van der Waals surface area contributed by atoms with E-state index in [0.29, 0.717) is 41.9 Å². The Morgan fingerprint density at radius 2 is 1.70 bits per heavy atom. The molecular formula is C30H31N3O4. The molecule has 1 N–H and O–H groups in total. The predicted molar refractivity (Wildman–Crippen MR) is 145 cm³/mol. The molecule has 7 heteroatoms. The smallest absolute Gasteiger partial charge is 0.338 e. The summed E-state index contributed by atoms with van der Waals surface area (Å²) < 4.78 is 19.6. The van der Waals surface area contributed by atoms with E-state index >= 15 is 0 Å². The van der Waals surface area contributed by atoms with Crippen LogP contribution in [0.1, 0.15) is 44.4 Å². The van der Waals surface area contributed by atoms with Gasteiger partial charge in [0.2, 0.25) is 5.95 Å². The van der Waals surface area contributed by atoms with Gasteiger partial charge < -0.3 is 19.5 Å². The van der Waals surface area contributed by atoms with Crippen LogP contribution >= 0.6 is 0 Å². The van der Waals surface area contributed by atoms with E-state index in [-0.39, 0.29) is 12.6 Å². The second-order valence-electron chi connectivity index (χ2n) is 8.68. The van der Waals surface area contributed by atoms with Crippen molar-refractivity contribution in [1.29, 1.82) is 0 Å². The van der Waals surface area contributed by atoms with Crippen LogP contribution in [-0.4, -0.2) is 35.3 Å². The van der Waals surface area contributed by atoms with Gasteiger partial charge >= 0.3 is 5.97 Å². The Morgan fingerprint density at radius 3 is 2.46 bits per heavy atom. The number of ether oxygens (including phenoxy) is 3. The second-order valence-corrected chi connectivity index (χ2v) is 8.68. The molecule has 1 aliphatic rings. The van der Waals surface area contributed by atoms with Crippen LogP contribution in [-0.2, 0) is 9.53 Å². The van der Waals surface area contributed by atoms with Gasteiger partial charge in [0.1, 0.15) is 0 Å². The summed E-state index contributed by atoms with van der Waals surface area (Å²) in [5.74, 6) is 1.60. The first-order valence-corrected chi connectivity index (χ1v) is 12.8. The lowest BCUT2D eigenvalue weighted by molar-refractivity contribution is -0.138. The first-order chi connectivity index (χ1) is 18.2. The number of rotatable bonds is 9. The molecule has 0 unspecified atom stereocenters. The first-order valence-electron chi connectivity index (χ1n) is 12.8. The monoisotopic (exact) mass is 497 g/mol. The standard InChI is InChI=1S/C30H31N3O4/c1-4-18-37-24-17-16-21(19-25(24)35-5-2)28-26(29(34)36-6-3)27(20-12-8-7-9-13-20)32-30-31-22-14-10-11-15-23(22)33(28)30/h7-17,19,28H,4-6,18H2,1-3H3,(H,31,32)/t28-/m0/s1. The number of para-hydroxylation sites is 2. The van der Waals surface area contributed by atoms with Crippen molar-refractivity contribution in [2.75, 3.05) is 25.1 Å². The Balaban J connectivity index is 1.78. The highest BCUT2D eigenvalue weighted by molar-refractivity contribution is 6.03. The zero-order valence-corrected chi connectivity index (χ0v) is 21.4. The summed E-state index contributed by atoms with van der Waals surface area (Å²) in [4.78, 5) is 18.5. The number of esters is 1. The molecule has 1 aliphatic heterocycles. The molecule has 5 rings (SSSR count). The van der Waals surface area contributed by atoms with Gasteiger partial charge in [-0.3, -0.25) is 4.57 Å². The number of carbonyl (C=O) groups is 1. The van der Waals surface area contributed by atoms with Gasteiger partial charge in [-0.2, -0.15) is 0 Å². The molecule has 1 aromatic heterocycles. The first kappa shape index (κ1) is 24.4. The summed E-state index contributed by atoms with van der Waals surface area (Å²) in [6, 6.07) is 23.1. The van der Waals surface area contributed by atoms with Crippen LogP contribution in [0.4, 0.5) is 5.95 Å². The average Bonchev–Trinajstić information content (AvgIpc) is 3.30. The fourth-order valence-electron chi connectivity index (χ4n) is 4.70. The molecule has 0 amide bonds. The van der Waals surface area contributed by atoms with Crippen molar-refractivity contribution in [3.63, 3.8) is 0 Å². The number of fused-ring (bicyclic) bond motifs is 3. The number of benzene rings is 3. The Bertz CT molecular complexity index is 1440. The second kappa shape index (κ2) is 10.8. The average molecular weight is 498 g/mol. The van der Waals surface area contributed by atoms with Gasteiger partial charge in [-0.1, -0.05) is 55.5 Å². The molecule has 0 fully saturated rings. The number of hydrogen-bond donors (Lipinski definition) is 1. The molecule has 0 bridgehead atoms. The van der Waals surface area contributed by atoms with Gasteiger partial charge in [0.05, 0.1) is 48.2 Å². The van der Waals surface area contributed by atoms with Crippen LogP contribution in [0.25, 0.3) is 16.7 Å². The molecule has 0 spiro atoms. The van der Waals surface area contributed by atoms with Crippen LogP contribution in [0.3, 0.4) is 0 Å². The fourth-order valence-corrected chi connectivity index (χ4v) is 4.70. The van der Waals surface area contributed by atoms with Gasteiger partial charge in [-0.05, 0) is 55.7 Å². The van der Waals surface area contributed by atoms with Crippen molar-refractivity contribution < 1.29 is 19.0 Å². The van der Waals surface area contributed by atoms with Crippen molar-refractivity contribution >= 4 is 28.6 Å². The van der Waals surface area contributed by atoms with Crippen LogP contribution in [0.2, 0.25) is 0 Å². The third kappa shape index (κ3) is 4.65. The van der Waals surface area contributed by atoms with Gasteiger partial charge in [0.15, 0.2) is 11.5 Å². The Hall–Kier alpha value is -4.26. The van der Waals surface area contributed by atoms with Gasteiger partial charge in [-0.15, -0.1) is 0 Å². The Labute approximate surface area is 216 Å². The largest absolute Gasteiger partial charge is 0.490 e. The zero-order valence-electron chi connectivity index (χ0n) is 21.4. The van der Waals surface area contributed by atoms with Crippen molar-refractivity contribution in [3.05, 3.63) is 89.5 Å². The number of imidazole rings is 1. The fraction of sp³-hybridized carbons (Fsp3) is 0.267. The predicted octanol–water partition coefficient (Wildman–Crippen LogP) is 6.21. The molecule has 0 aliphatic carbocycles. The van der Waals surface area contributed by atoms with E-state index in [0.717, 1.165) is 28.6 Å². The summed E-state index contributed by atoms with van der Waals surface area (Å²) in [5, 5.41) is 3.45. The maximum absolute atomic E-state index is 13.6. The van der Waals surface area contributed by atoms with E-state index in [1.807, 2.05) is 86.6 Å². The summed E-state index contributed by atoms with van der Waals surface area (Å²) >= 11 is 0. The minimum atomic E-state index is -0.502. The van der Waals surface area contributed by atoms with Crippen LogP contribution in [0.5, 0.6) is 11.5 Å². The highest BCUT2D eigenvalue weighted by Gasteiger charge is 2.37. The van der Waals surface area contributed by atoms with Crippen molar-refractivity contribution in [1.82, 2.24) is 9.55 Å². The lowest BCUT2D eigenvalue weighted by atomic mass is 9.92. The summed E-state index contributed by atoms with van der Waals surface area (Å²) in [6.45, 7) is 7.18. The lowest BCUT2D eigenvalue weighted by Gasteiger charge is -2.31. The van der Waals surface area contributed by atoms with Crippen LogP contribution in [0.15, 0.2) is 78.4 Å². The summed E-state index contributed by atoms with van der Waals surface area (Å²) in [7, 11) is 0. The van der Waals surface area contributed by atoms with Gasteiger partial charge in [0.25, 0.3) is 0 Å². The zero-order chi connectivity index (χ0) is 25.8. The van der Waals surface area contributed by atoms with E-state index in [1.54, 1.807) is 0 Å². The minimum absolute atomic E-state index is 0.267. The van der Waals surface area contributed by atoms with Crippen molar-refractivity contribution in [2.24, 2.45) is 0 Å². The number of nitrogens with zero attached hydrogens (tertiary/aromatic N) is 2. The molecule has 190 valence electrons. The van der Waals surface area contributed by atoms with E-state index < -0.39 is 6.04 Å². The Kier molecular flexibility index (Phi) is 7.12. The molecule has 37 heavy (non-hydrogen) atoms. The topological polar surface area (TPSA) is 74.6 Å². The van der Waals surface area contributed by atoms with E-state index in [1.165, 1.54) is 0 Å². The third-order valence-corrected chi connectivity index (χ3v) is 6.24. The number of carbonyl (C=O) groups excluding carboxylic acids is 1. The molecule has 7 nitrogen and oxygen atoms in total. The molecular weight excluding hydrogens is 466 g/mol. The molecule has 3 aromatic carbocycles. The number of nitrogens with one attached hydrogen (secondary N) is 1. The van der Waals surface area contributed by atoms with Crippen LogP contribution in [0, 0.1) is 0 Å². The van der Waals surface area contributed by atoms with E-state index in [4.69, 9.17) is 19.2 Å². The molecule has 0 saturated heterocycles. The Morgan fingerprint density at radius 1 is 0.919 bits per heavy atom. The third-order valence-electron chi connectivity index (χ3n) is 6.24. The molecule has 0 radical (unpaired) electrons. The van der Waals surface area contributed by atoms with E-state index in [9.17, 15) is 4.79 Å². The SMILES string of the molecule is CCCOc1ccc([C@H]2C(C(=O)OCC)=C(c3ccccc3)Nc3nc4ccccc4n32)cc1OCC. The van der Waals surface area contributed by atoms with Crippen LogP contribution < -0.4 is 14.8 Å². The summed E-state index contributed by atoms with van der Waals surface area (Å²) in [5.41, 5.74) is 4.68. The van der Waals surface area contributed by atoms with Crippen molar-refractivity contribution in [2.45, 2.75) is 33.2 Å². The molecule has 0 saturated carbocycles. The van der Waals surface area contributed by atoms with Gasteiger partial charge in [0, 0.05) is 0 Å². The minimum Gasteiger partial charge on any atom is -0.490 e. The highest BCUT2D eigenvalue weighted by Crippen LogP contribution is 2.44.